The molecule has 1 amide bonds. The number of hydrogen-bond donors (Lipinski definition) is 1. The van der Waals surface area contributed by atoms with E-state index in [4.69, 9.17) is 0 Å². The molecule has 6 heteroatoms. The van der Waals surface area contributed by atoms with Crippen LogP contribution in [-0.2, 0) is 6.42 Å². The molecule has 0 bridgehead atoms. The van der Waals surface area contributed by atoms with E-state index in [9.17, 15) is 4.79 Å². The molecular formula is C22H25N5O. The summed E-state index contributed by atoms with van der Waals surface area (Å²) in [5.41, 5.74) is 3.61. The van der Waals surface area contributed by atoms with Gasteiger partial charge in [-0.1, -0.05) is 0 Å². The Labute approximate surface area is 165 Å². The van der Waals surface area contributed by atoms with Gasteiger partial charge in [0.2, 0.25) is 0 Å². The molecule has 0 saturated carbocycles. The Balaban J connectivity index is 1.57. The van der Waals surface area contributed by atoms with Gasteiger partial charge < -0.3 is 15.1 Å². The zero-order valence-electron chi connectivity index (χ0n) is 16.5. The number of aromatic nitrogens is 2. The first-order valence-electron chi connectivity index (χ1n) is 9.18. The van der Waals surface area contributed by atoms with Gasteiger partial charge in [-0.3, -0.25) is 9.78 Å². The number of rotatable bonds is 7. The summed E-state index contributed by atoms with van der Waals surface area (Å²) in [6.07, 6.45) is 6.12. The normalized spacial score (nSPS) is 10.4. The lowest BCUT2D eigenvalue weighted by atomic mass is 10.2. The number of nitrogens with zero attached hydrogens (tertiary/aromatic N) is 4. The Hall–Kier alpha value is -3.41. The van der Waals surface area contributed by atoms with Gasteiger partial charge in [0.25, 0.3) is 5.91 Å². The summed E-state index contributed by atoms with van der Waals surface area (Å²) in [6.45, 7) is 0.834. The maximum absolute atomic E-state index is 12.4. The highest BCUT2D eigenvalue weighted by molar-refractivity contribution is 6.04. The average molecular weight is 375 g/mol. The van der Waals surface area contributed by atoms with E-state index in [1.165, 1.54) is 5.56 Å². The van der Waals surface area contributed by atoms with Crippen molar-refractivity contribution >= 4 is 23.1 Å². The van der Waals surface area contributed by atoms with Crippen molar-refractivity contribution in [1.29, 1.82) is 0 Å². The number of carbonyl (C=O) groups excluding carboxylic acids is 1. The fourth-order valence-electron chi connectivity index (χ4n) is 2.75. The molecule has 0 atom stereocenters. The van der Waals surface area contributed by atoms with Crippen molar-refractivity contribution in [3.05, 3.63) is 78.2 Å². The van der Waals surface area contributed by atoms with Crippen LogP contribution in [0.2, 0.25) is 0 Å². The van der Waals surface area contributed by atoms with Gasteiger partial charge in [0.05, 0.1) is 5.56 Å². The Morgan fingerprint density at radius 3 is 2.29 bits per heavy atom. The second-order valence-electron chi connectivity index (χ2n) is 6.83. The number of likely N-dealkylation sites (N-methyl/N-ethyl adjacent to an activating group) is 1. The van der Waals surface area contributed by atoms with Crippen LogP contribution in [0.1, 0.15) is 15.9 Å². The monoisotopic (exact) mass is 375 g/mol. The van der Waals surface area contributed by atoms with E-state index in [-0.39, 0.29) is 5.91 Å². The fraction of sp³-hybridized carbons (Fsp3) is 0.227. The molecule has 144 valence electrons. The topological polar surface area (TPSA) is 61.4 Å². The van der Waals surface area contributed by atoms with Crippen LogP contribution in [-0.4, -0.2) is 43.6 Å². The third kappa shape index (κ3) is 5.07. The van der Waals surface area contributed by atoms with E-state index in [0.717, 1.165) is 30.2 Å². The molecule has 0 aliphatic rings. The number of anilines is 3. The molecule has 0 radical (unpaired) electrons. The Bertz CT molecular complexity index is 892. The van der Waals surface area contributed by atoms with Crippen molar-refractivity contribution in [3.8, 4) is 0 Å². The Kier molecular flexibility index (Phi) is 6.22. The lowest BCUT2D eigenvalue weighted by Gasteiger charge is -2.18. The first-order valence-corrected chi connectivity index (χ1v) is 9.18. The molecule has 1 aromatic carbocycles. The maximum Gasteiger partial charge on any atom is 0.257 e. The molecule has 2 heterocycles. The summed E-state index contributed by atoms with van der Waals surface area (Å²) in [5, 5.41) is 2.90. The third-order valence-corrected chi connectivity index (χ3v) is 4.53. The lowest BCUT2D eigenvalue weighted by molar-refractivity contribution is 0.102. The van der Waals surface area contributed by atoms with Crippen LogP contribution < -0.4 is 15.1 Å². The number of hydrogen-bond acceptors (Lipinski definition) is 5. The van der Waals surface area contributed by atoms with Crippen molar-refractivity contribution in [1.82, 2.24) is 9.97 Å². The summed E-state index contributed by atoms with van der Waals surface area (Å²) in [7, 11) is 5.96. The molecule has 0 unspecified atom stereocenters. The highest BCUT2D eigenvalue weighted by Crippen LogP contribution is 2.17. The van der Waals surface area contributed by atoms with Gasteiger partial charge in [-0.25, -0.2) is 4.98 Å². The fourth-order valence-corrected chi connectivity index (χ4v) is 2.75. The molecule has 0 aliphatic carbocycles. The summed E-state index contributed by atoms with van der Waals surface area (Å²) >= 11 is 0. The number of amides is 1. The molecule has 28 heavy (non-hydrogen) atoms. The second kappa shape index (κ2) is 8.99. The summed E-state index contributed by atoms with van der Waals surface area (Å²) in [4.78, 5) is 25.0. The van der Waals surface area contributed by atoms with Crippen LogP contribution in [0, 0.1) is 0 Å². The van der Waals surface area contributed by atoms with Crippen LogP contribution in [0.15, 0.2) is 67.1 Å². The lowest BCUT2D eigenvalue weighted by Crippen LogP contribution is -2.21. The van der Waals surface area contributed by atoms with E-state index in [1.807, 2.05) is 68.5 Å². The highest BCUT2D eigenvalue weighted by atomic mass is 16.1. The van der Waals surface area contributed by atoms with Crippen molar-refractivity contribution in [2.75, 3.05) is 42.8 Å². The molecule has 3 aromatic rings. The molecule has 3 rings (SSSR count). The van der Waals surface area contributed by atoms with Crippen molar-refractivity contribution in [3.63, 3.8) is 0 Å². The first-order chi connectivity index (χ1) is 13.5. The molecule has 0 fully saturated rings. The minimum atomic E-state index is -0.170. The predicted octanol–water partition coefficient (Wildman–Crippen LogP) is 3.47. The standard InChI is InChI=1S/C22H25N5O/c1-26(2)20-7-5-19(6-8-20)25-22(28)18-4-9-21(24-16-18)27(3)15-12-17-10-13-23-14-11-17/h4-11,13-14,16H,12,15H2,1-3H3,(H,25,28). The van der Waals surface area contributed by atoms with E-state index < -0.39 is 0 Å². The smallest absolute Gasteiger partial charge is 0.257 e. The number of carbonyl (C=O) groups is 1. The van der Waals surface area contributed by atoms with Crippen LogP contribution in [0.25, 0.3) is 0 Å². The van der Waals surface area contributed by atoms with Crippen LogP contribution in [0.5, 0.6) is 0 Å². The van der Waals surface area contributed by atoms with E-state index in [2.05, 4.69) is 20.2 Å². The highest BCUT2D eigenvalue weighted by Gasteiger charge is 2.09. The Morgan fingerprint density at radius 2 is 1.68 bits per heavy atom. The largest absolute Gasteiger partial charge is 0.378 e. The molecule has 6 nitrogen and oxygen atoms in total. The molecular weight excluding hydrogens is 350 g/mol. The van der Waals surface area contributed by atoms with E-state index in [1.54, 1.807) is 24.7 Å². The maximum atomic E-state index is 12.4. The van der Waals surface area contributed by atoms with Gasteiger partial charge in [0, 0.05) is 57.7 Å². The summed E-state index contributed by atoms with van der Waals surface area (Å²) < 4.78 is 0. The average Bonchev–Trinajstić information content (AvgIpc) is 2.73. The zero-order chi connectivity index (χ0) is 19.9. The molecule has 2 aromatic heterocycles. The SMILES string of the molecule is CN(C)c1ccc(NC(=O)c2ccc(N(C)CCc3ccncc3)nc2)cc1. The number of benzene rings is 1. The quantitative estimate of drug-likeness (QED) is 0.685. The third-order valence-electron chi connectivity index (χ3n) is 4.53. The predicted molar refractivity (Wildman–Crippen MR) is 114 cm³/mol. The zero-order valence-corrected chi connectivity index (χ0v) is 16.5. The summed E-state index contributed by atoms with van der Waals surface area (Å²) in [6, 6.07) is 15.4. The number of nitrogens with one attached hydrogen (secondary N) is 1. The van der Waals surface area contributed by atoms with E-state index >= 15 is 0 Å². The van der Waals surface area contributed by atoms with Crippen molar-refractivity contribution in [2.45, 2.75) is 6.42 Å². The molecule has 0 aliphatic heterocycles. The van der Waals surface area contributed by atoms with Gasteiger partial charge in [-0.2, -0.15) is 0 Å². The van der Waals surface area contributed by atoms with Crippen LogP contribution >= 0.6 is 0 Å². The second-order valence-corrected chi connectivity index (χ2v) is 6.83. The van der Waals surface area contributed by atoms with Gasteiger partial charge >= 0.3 is 0 Å². The Morgan fingerprint density at radius 1 is 0.964 bits per heavy atom. The van der Waals surface area contributed by atoms with Crippen molar-refractivity contribution in [2.24, 2.45) is 0 Å². The van der Waals surface area contributed by atoms with Crippen molar-refractivity contribution < 1.29 is 4.79 Å². The van der Waals surface area contributed by atoms with Gasteiger partial charge in [0.1, 0.15) is 5.82 Å². The first kappa shape index (κ1) is 19.4. The minimum Gasteiger partial charge on any atom is -0.378 e. The minimum absolute atomic E-state index is 0.170. The van der Waals surface area contributed by atoms with Crippen LogP contribution in [0.3, 0.4) is 0 Å². The molecule has 0 saturated heterocycles. The molecule has 1 N–H and O–H groups in total. The van der Waals surface area contributed by atoms with Gasteiger partial charge in [-0.05, 0) is 60.5 Å². The number of pyridine rings is 2. The molecule has 0 spiro atoms. The van der Waals surface area contributed by atoms with Crippen LogP contribution in [0.4, 0.5) is 17.2 Å². The van der Waals surface area contributed by atoms with E-state index in [0.29, 0.717) is 5.56 Å². The van der Waals surface area contributed by atoms with Gasteiger partial charge in [-0.15, -0.1) is 0 Å². The summed E-state index contributed by atoms with van der Waals surface area (Å²) in [5.74, 6) is 0.664. The van der Waals surface area contributed by atoms with Gasteiger partial charge in [0.15, 0.2) is 0 Å².